The molecule has 0 saturated carbocycles. The van der Waals surface area contributed by atoms with E-state index in [4.69, 9.17) is 4.74 Å². The molecule has 1 amide bonds. The maximum Gasteiger partial charge on any atom is 0.272 e. The zero-order chi connectivity index (χ0) is 16.7. The van der Waals surface area contributed by atoms with E-state index in [0.717, 1.165) is 42.2 Å². The molecule has 1 aliphatic heterocycles. The van der Waals surface area contributed by atoms with Gasteiger partial charge < -0.3 is 9.64 Å². The molecular formula is C16H23N5O2. The van der Waals surface area contributed by atoms with E-state index in [9.17, 15) is 4.79 Å². The first kappa shape index (κ1) is 15.6. The molecule has 1 saturated heterocycles. The smallest absolute Gasteiger partial charge is 0.272 e. The van der Waals surface area contributed by atoms with E-state index in [1.54, 1.807) is 23.5 Å². The van der Waals surface area contributed by atoms with Gasteiger partial charge in [0.15, 0.2) is 0 Å². The first-order valence-corrected chi connectivity index (χ1v) is 7.83. The van der Waals surface area contributed by atoms with Crippen LogP contribution in [0.1, 0.15) is 46.3 Å². The average Bonchev–Trinajstić information content (AvgIpc) is 3.15. The van der Waals surface area contributed by atoms with Gasteiger partial charge in [-0.3, -0.25) is 9.48 Å². The number of hydrogen-bond donors (Lipinski definition) is 0. The summed E-state index contributed by atoms with van der Waals surface area (Å²) in [4.78, 5) is 14.9. The van der Waals surface area contributed by atoms with Crippen molar-refractivity contribution in [3.05, 3.63) is 28.7 Å². The molecule has 7 nitrogen and oxygen atoms in total. The largest absolute Gasteiger partial charge is 0.481 e. The number of nitrogens with zero attached hydrogens (tertiary/aromatic N) is 5. The molecule has 23 heavy (non-hydrogen) atoms. The third-order valence-electron chi connectivity index (χ3n) is 4.48. The van der Waals surface area contributed by atoms with Crippen molar-refractivity contribution in [2.24, 2.45) is 14.1 Å². The Morgan fingerprint density at radius 2 is 2.00 bits per heavy atom. The molecule has 3 rings (SSSR count). The second kappa shape index (κ2) is 5.72. The third-order valence-corrected chi connectivity index (χ3v) is 4.48. The van der Waals surface area contributed by atoms with Crippen LogP contribution in [0.3, 0.4) is 0 Å². The van der Waals surface area contributed by atoms with Crippen LogP contribution in [0.25, 0.3) is 0 Å². The summed E-state index contributed by atoms with van der Waals surface area (Å²) in [5.41, 5.74) is 3.40. The van der Waals surface area contributed by atoms with Gasteiger partial charge in [0.05, 0.1) is 30.1 Å². The molecule has 1 aliphatic rings. The Hall–Kier alpha value is -2.31. The zero-order valence-electron chi connectivity index (χ0n) is 14.3. The number of rotatable bonds is 3. The van der Waals surface area contributed by atoms with Crippen LogP contribution in [0, 0.1) is 13.8 Å². The molecule has 1 atom stereocenters. The highest BCUT2D eigenvalue weighted by Crippen LogP contribution is 2.39. The Balaban J connectivity index is 1.98. The van der Waals surface area contributed by atoms with Gasteiger partial charge in [-0.05, 0) is 32.8 Å². The topological polar surface area (TPSA) is 65.2 Å². The van der Waals surface area contributed by atoms with Gasteiger partial charge in [0.1, 0.15) is 5.69 Å². The molecule has 2 aromatic rings. The van der Waals surface area contributed by atoms with E-state index >= 15 is 0 Å². The molecule has 124 valence electrons. The maximum absolute atomic E-state index is 13.0. The lowest BCUT2D eigenvalue weighted by molar-refractivity contribution is 0.0722. The second-order valence-corrected chi connectivity index (χ2v) is 6.08. The van der Waals surface area contributed by atoms with E-state index in [-0.39, 0.29) is 11.9 Å². The van der Waals surface area contributed by atoms with Crippen molar-refractivity contribution in [1.29, 1.82) is 0 Å². The minimum Gasteiger partial charge on any atom is -0.481 e. The van der Waals surface area contributed by atoms with E-state index in [1.807, 2.05) is 31.9 Å². The standard InChI is InChI=1S/C16H23N5O2/c1-10-9-13(19(3)17-10)15(22)21-8-6-7-12(21)14-11(2)18-20(4)16(14)23-5/h9,12H,6-8H2,1-5H3. The van der Waals surface area contributed by atoms with Crippen LogP contribution in [-0.2, 0) is 14.1 Å². The monoisotopic (exact) mass is 317 g/mol. The minimum atomic E-state index is 0.00126. The lowest BCUT2D eigenvalue weighted by atomic mass is 10.0. The summed E-state index contributed by atoms with van der Waals surface area (Å²) in [5.74, 6) is 0.745. The van der Waals surface area contributed by atoms with Gasteiger partial charge >= 0.3 is 0 Å². The van der Waals surface area contributed by atoms with Gasteiger partial charge in [-0.15, -0.1) is 0 Å². The second-order valence-electron chi connectivity index (χ2n) is 6.08. The average molecular weight is 317 g/mol. The van der Waals surface area contributed by atoms with Gasteiger partial charge in [0, 0.05) is 20.6 Å². The van der Waals surface area contributed by atoms with E-state index in [0.29, 0.717) is 5.69 Å². The summed E-state index contributed by atoms with van der Waals surface area (Å²) < 4.78 is 8.91. The summed E-state index contributed by atoms with van der Waals surface area (Å²) in [5, 5.41) is 8.74. The number of aromatic nitrogens is 4. The Morgan fingerprint density at radius 3 is 2.61 bits per heavy atom. The summed E-state index contributed by atoms with van der Waals surface area (Å²) in [7, 11) is 5.31. The van der Waals surface area contributed by atoms with Gasteiger partial charge in [-0.25, -0.2) is 4.68 Å². The molecule has 1 fully saturated rings. The molecule has 0 aromatic carbocycles. The molecule has 0 spiro atoms. The van der Waals surface area contributed by atoms with Crippen LogP contribution >= 0.6 is 0 Å². The number of carbonyl (C=O) groups excluding carboxylic acids is 1. The first-order chi connectivity index (χ1) is 10.9. The first-order valence-electron chi connectivity index (χ1n) is 7.83. The lowest BCUT2D eigenvalue weighted by Gasteiger charge is -2.25. The van der Waals surface area contributed by atoms with Crippen LogP contribution in [0.2, 0.25) is 0 Å². The summed E-state index contributed by atoms with van der Waals surface area (Å²) in [6.45, 7) is 4.60. The van der Waals surface area contributed by atoms with Crippen molar-refractivity contribution in [1.82, 2.24) is 24.5 Å². The number of hydrogen-bond acceptors (Lipinski definition) is 4. The molecular weight excluding hydrogens is 294 g/mol. The van der Waals surface area contributed by atoms with Crippen molar-refractivity contribution >= 4 is 5.91 Å². The SMILES string of the molecule is COc1c(C2CCCN2C(=O)c2cc(C)nn2C)c(C)nn1C. The van der Waals surface area contributed by atoms with Gasteiger partial charge in [0.2, 0.25) is 5.88 Å². The lowest BCUT2D eigenvalue weighted by Crippen LogP contribution is -2.32. The number of aryl methyl sites for hydroxylation is 4. The molecule has 0 bridgehead atoms. The van der Waals surface area contributed by atoms with Crippen molar-refractivity contribution in [3.63, 3.8) is 0 Å². The molecule has 1 unspecified atom stereocenters. The van der Waals surface area contributed by atoms with Crippen LogP contribution in [0.5, 0.6) is 5.88 Å². The van der Waals surface area contributed by atoms with Crippen LogP contribution in [0.4, 0.5) is 0 Å². The predicted octanol–water partition coefficient (Wildman–Crippen LogP) is 1.76. The van der Waals surface area contributed by atoms with Gasteiger partial charge in [-0.1, -0.05) is 0 Å². The van der Waals surface area contributed by atoms with E-state index < -0.39 is 0 Å². The Labute approximate surface area is 135 Å². The number of likely N-dealkylation sites (tertiary alicyclic amines) is 1. The number of ether oxygens (including phenoxy) is 1. The molecule has 3 heterocycles. The molecule has 2 aromatic heterocycles. The quantitative estimate of drug-likeness (QED) is 0.865. The fraction of sp³-hybridized carbons (Fsp3) is 0.562. The van der Waals surface area contributed by atoms with Crippen LogP contribution < -0.4 is 4.74 Å². The highest BCUT2D eigenvalue weighted by Gasteiger charge is 2.36. The highest BCUT2D eigenvalue weighted by molar-refractivity contribution is 5.93. The Bertz CT molecular complexity index is 746. The summed E-state index contributed by atoms with van der Waals surface area (Å²) >= 11 is 0. The fourth-order valence-electron chi connectivity index (χ4n) is 3.55. The molecule has 0 N–H and O–H groups in total. The van der Waals surface area contributed by atoms with Crippen LogP contribution in [-0.4, -0.2) is 44.0 Å². The van der Waals surface area contributed by atoms with E-state index in [2.05, 4.69) is 10.2 Å². The predicted molar refractivity (Wildman–Crippen MR) is 85.5 cm³/mol. The number of methoxy groups -OCH3 is 1. The summed E-state index contributed by atoms with van der Waals surface area (Å²) in [6.07, 6.45) is 1.90. The zero-order valence-corrected chi connectivity index (χ0v) is 14.3. The van der Waals surface area contributed by atoms with E-state index in [1.165, 1.54) is 0 Å². The van der Waals surface area contributed by atoms with Gasteiger partial charge in [-0.2, -0.15) is 10.2 Å². The normalized spacial score (nSPS) is 17.8. The van der Waals surface area contributed by atoms with Crippen molar-refractivity contribution in [2.45, 2.75) is 32.7 Å². The highest BCUT2D eigenvalue weighted by atomic mass is 16.5. The maximum atomic E-state index is 13.0. The van der Waals surface area contributed by atoms with Crippen molar-refractivity contribution < 1.29 is 9.53 Å². The van der Waals surface area contributed by atoms with Crippen molar-refractivity contribution in [2.75, 3.05) is 13.7 Å². The molecule has 0 radical (unpaired) electrons. The Kier molecular flexibility index (Phi) is 3.87. The van der Waals surface area contributed by atoms with Crippen LogP contribution in [0.15, 0.2) is 6.07 Å². The Morgan fingerprint density at radius 1 is 1.26 bits per heavy atom. The fourth-order valence-corrected chi connectivity index (χ4v) is 3.55. The number of carbonyl (C=O) groups is 1. The summed E-state index contributed by atoms with van der Waals surface area (Å²) in [6, 6.07) is 1.84. The molecule has 7 heteroatoms. The van der Waals surface area contributed by atoms with Gasteiger partial charge in [0.25, 0.3) is 5.91 Å². The van der Waals surface area contributed by atoms with Crippen molar-refractivity contribution in [3.8, 4) is 5.88 Å². The minimum absolute atomic E-state index is 0.00126. The molecule has 0 aliphatic carbocycles. The third kappa shape index (κ3) is 2.50. The number of amides is 1.